The van der Waals surface area contributed by atoms with Gasteiger partial charge in [-0.1, -0.05) is 10.8 Å². The van der Waals surface area contributed by atoms with Gasteiger partial charge in [0.15, 0.2) is 5.82 Å². The summed E-state index contributed by atoms with van der Waals surface area (Å²) in [5, 5.41) is 2.64. The van der Waals surface area contributed by atoms with Crippen molar-refractivity contribution in [2.24, 2.45) is 7.05 Å². The minimum absolute atomic E-state index is 0.00698. The molecule has 1 amide bonds. The predicted octanol–water partition coefficient (Wildman–Crippen LogP) is 4.61. The Morgan fingerprint density at radius 3 is 2.53 bits per heavy atom. The third kappa shape index (κ3) is 4.11. The van der Waals surface area contributed by atoms with Crippen LogP contribution in [0.3, 0.4) is 0 Å². The molecule has 32 heavy (non-hydrogen) atoms. The summed E-state index contributed by atoms with van der Waals surface area (Å²) in [6.45, 7) is 0.0974. The summed E-state index contributed by atoms with van der Waals surface area (Å²) in [5.74, 6) is -0.133. The molecular weight excluding hydrogens is 449 g/mol. The van der Waals surface area contributed by atoms with E-state index in [0.29, 0.717) is 0 Å². The zero-order valence-corrected chi connectivity index (χ0v) is 17.5. The lowest BCUT2D eigenvalue weighted by atomic mass is 10.2. The number of hydrogen-bond acceptors (Lipinski definition) is 6. The summed E-state index contributed by atoms with van der Waals surface area (Å²) < 4.78 is 69.1. The molecule has 0 unspecified atom stereocenters. The Kier molecular flexibility index (Phi) is 5.53. The minimum Gasteiger partial charge on any atom is -0.490 e. The number of nitrogens with zero attached hydrogens (tertiary/aromatic N) is 3. The van der Waals surface area contributed by atoms with Gasteiger partial charge >= 0.3 is 6.18 Å². The number of nitrogens with one attached hydrogen (secondary N) is 1. The first kappa shape index (κ1) is 22.0. The maximum atomic E-state index is 12.9. The summed E-state index contributed by atoms with van der Waals surface area (Å²) >= 11 is 0. The van der Waals surface area contributed by atoms with Crippen molar-refractivity contribution in [3.63, 3.8) is 0 Å². The van der Waals surface area contributed by atoms with Gasteiger partial charge in [-0.25, -0.2) is 4.98 Å². The molecule has 1 aliphatic rings. The summed E-state index contributed by atoms with van der Waals surface area (Å²) in [6, 6.07) is 8.51. The Morgan fingerprint density at radius 1 is 1.19 bits per heavy atom. The van der Waals surface area contributed by atoms with Gasteiger partial charge in [0.1, 0.15) is 17.3 Å². The first-order valence-corrected chi connectivity index (χ1v) is 10.9. The summed E-state index contributed by atoms with van der Waals surface area (Å²) in [7, 11) is -2.03. The van der Waals surface area contributed by atoms with Crippen LogP contribution < -0.4 is 14.4 Å². The molecule has 0 atom stereocenters. The number of benzene rings is 2. The van der Waals surface area contributed by atoms with Crippen LogP contribution in [0.4, 0.5) is 24.5 Å². The Balaban J connectivity index is 1.65. The average molecular weight is 468 g/mol. The summed E-state index contributed by atoms with van der Waals surface area (Å²) in [5.41, 5.74) is -0.380. The minimum atomic E-state index is -4.50. The molecule has 2 heterocycles. The predicted molar refractivity (Wildman–Crippen MR) is 113 cm³/mol. The SMILES string of the molecule is Cn1ccnc1C(=O)Nc1ccc2c(c1)S(O)(O)N(c1ccc(C(F)(F)F)cc1)CCO2. The average Bonchev–Trinajstić information content (AvgIpc) is 3.12. The number of alkyl halides is 3. The van der Waals surface area contributed by atoms with Crippen LogP contribution in [0.25, 0.3) is 0 Å². The Morgan fingerprint density at radius 2 is 1.91 bits per heavy atom. The number of ether oxygens (including phenoxy) is 1. The molecule has 0 saturated carbocycles. The number of aromatic nitrogens is 2. The van der Waals surface area contributed by atoms with Crippen molar-refractivity contribution in [3.05, 3.63) is 66.2 Å². The van der Waals surface area contributed by atoms with E-state index >= 15 is 0 Å². The van der Waals surface area contributed by atoms with E-state index in [-0.39, 0.29) is 41.0 Å². The largest absolute Gasteiger partial charge is 0.490 e. The highest BCUT2D eigenvalue weighted by molar-refractivity contribution is 8.25. The summed E-state index contributed by atoms with van der Waals surface area (Å²) in [4.78, 5) is 16.4. The van der Waals surface area contributed by atoms with Crippen molar-refractivity contribution in [1.82, 2.24) is 9.55 Å². The van der Waals surface area contributed by atoms with Gasteiger partial charge in [0.05, 0.1) is 17.8 Å². The fourth-order valence-corrected chi connectivity index (χ4v) is 4.93. The molecule has 0 radical (unpaired) electrons. The van der Waals surface area contributed by atoms with Crippen LogP contribution in [0.15, 0.2) is 59.8 Å². The van der Waals surface area contributed by atoms with Gasteiger partial charge in [0, 0.05) is 25.1 Å². The van der Waals surface area contributed by atoms with Crippen molar-refractivity contribution in [2.45, 2.75) is 11.1 Å². The number of anilines is 2. The lowest BCUT2D eigenvalue weighted by Crippen LogP contribution is -2.29. The lowest BCUT2D eigenvalue weighted by molar-refractivity contribution is -0.137. The number of carbonyl (C=O) groups excluding carboxylic acids is 1. The van der Waals surface area contributed by atoms with E-state index in [1.165, 1.54) is 39.3 Å². The molecule has 1 aliphatic heterocycles. The van der Waals surface area contributed by atoms with E-state index in [1.807, 2.05) is 0 Å². The molecule has 3 N–H and O–H groups in total. The van der Waals surface area contributed by atoms with Crippen molar-refractivity contribution < 1.29 is 31.8 Å². The second kappa shape index (κ2) is 8.04. The molecule has 0 bridgehead atoms. The second-order valence-corrected chi connectivity index (χ2v) is 8.91. The molecule has 3 aromatic rings. The van der Waals surface area contributed by atoms with Crippen LogP contribution in [0.1, 0.15) is 16.2 Å². The van der Waals surface area contributed by atoms with E-state index in [2.05, 4.69) is 10.3 Å². The molecule has 0 aliphatic carbocycles. The number of rotatable bonds is 3. The highest BCUT2D eigenvalue weighted by Crippen LogP contribution is 2.58. The maximum absolute atomic E-state index is 12.9. The van der Waals surface area contributed by atoms with Gasteiger partial charge in [-0.3, -0.25) is 18.2 Å². The highest BCUT2D eigenvalue weighted by Gasteiger charge is 2.34. The number of carbonyl (C=O) groups is 1. The van der Waals surface area contributed by atoms with Crippen LogP contribution >= 0.6 is 10.8 Å². The van der Waals surface area contributed by atoms with Crippen LogP contribution in [-0.4, -0.2) is 37.7 Å². The van der Waals surface area contributed by atoms with Crippen LogP contribution in [-0.2, 0) is 13.2 Å². The third-order valence-corrected chi connectivity index (χ3v) is 6.78. The van der Waals surface area contributed by atoms with Crippen molar-refractivity contribution in [3.8, 4) is 5.75 Å². The zero-order chi connectivity index (χ0) is 23.1. The van der Waals surface area contributed by atoms with Crippen molar-refractivity contribution in [1.29, 1.82) is 0 Å². The molecule has 4 rings (SSSR count). The fraction of sp³-hybridized carbons (Fsp3) is 0.200. The summed E-state index contributed by atoms with van der Waals surface area (Å²) in [6.07, 6.45) is -1.42. The molecule has 12 heteroatoms. The van der Waals surface area contributed by atoms with E-state index < -0.39 is 28.4 Å². The Labute approximate surface area is 182 Å². The van der Waals surface area contributed by atoms with Gasteiger partial charge in [0.2, 0.25) is 0 Å². The van der Waals surface area contributed by atoms with E-state index in [1.54, 1.807) is 19.3 Å². The Bertz CT molecular complexity index is 1150. The standard InChI is InChI=1S/C20H19F3N4O4S/c1-26-9-8-24-18(26)19(28)25-14-4-7-16-17(12-14)32(29,30)27(10-11-31-16)15-5-2-13(3-6-15)20(21,22)23/h2-9,12,29-30H,10-11H2,1H3,(H,25,28). The van der Waals surface area contributed by atoms with Gasteiger partial charge in [-0.05, 0) is 42.5 Å². The van der Waals surface area contributed by atoms with E-state index in [0.717, 1.165) is 12.1 Å². The van der Waals surface area contributed by atoms with E-state index in [4.69, 9.17) is 4.74 Å². The van der Waals surface area contributed by atoms with Gasteiger partial charge in [-0.15, -0.1) is 0 Å². The van der Waals surface area contributed by atoms with Crippen molar-refractivity contribution >= 4 is 28.1 Å². The van der Waals surface area contributed by atoms with E-state index in [9.17, 15) is 27.1 Å². The normalized spacial score (nSPS) is 16.5. The molecule has 0 fully saturated rings. The second-order valence-electron chi connectivity index (χ2n) is 6.99. The number of amides is 1. The molecule has 1 aromatic heterocycles. The van der Waals surface area contributed by atoms with Gasteiger partial charge < -0.3 is 14.6 Å². The number of aryl methyl sites for hydroxylation is 1. The van der Waals surface area contributed by atoms with Crippen LogP contribution in [0.2, 0.25) is 0 Å². The Hall–Kier alpha value is -3.22. The maximum Gasteiger partial charge on any atom is 0.416 e. The highest BCUT2D eigenvalue weighted by atomic mass is 32.3. The van der Waals surface area contributed by atoms with Crippen LogP contribution in [0.5, 0.6) is 5.75 Å². The fourth-order valence-electron chi connectivity index (χ4n) is 3.27. The molecule has 2 aromatic carbocycles. The first-order valence-electron chi connectivity index (χ1n) is 9.36. The molecule has 0 spiro atoms. The van der Waals surface area contributed by atoms with Crippen LogP contribution in [0, 0.1) is 0 Å². The topological polar surface area (TPSA) is 99.9 Å². The zero-order valence-electron chi connectivity index (χ0n) is 16.7. The third-order valence-electron chi connectivity index (χ3n) is 4.86. The number of halogens is 3. The number of hydrogen-bond donors (Lipinski definition) is 3. The molecule has 170 valence electrons. The smallest absolute Gasteiger partial charge is 0.416 e. The van der Waals surface area contributed by atoms with Crippen molar-refractivity contribution in [2.75, 3.05) is 22.8 Å². The lowest BCUT2D eigenvalue weighted by Gasteiger charge is -2.42. The molecular formula is C20H19F3N4O4S. The molecule has 8 nitrogen and oxygen atoms in total. The van der Waals surface area contributed by atoms with Gasteiger partial charge in [-0.2, -0.15) is 13.2 Å². The quantitative estimate of drug-likeness (QED) is 0.519. The van der Waals surface area contributed by atoms with Gasteiger partial charge in [0.25, 0.3) is 5.91 Å². The number of fused-ring (bicyclic) bond motifs is 1. The number of imidazole rings is 1. The first-order chi connectivity index (χ1) is 15.1. The monoisotopic (exact) mass is 468 g/mol. The molecule has 0 saturated heterocycles.